The number of carbonyl (C=O) groups is 1. The van der Waals surface area contributed by atoms with Crippen molar-refractivity contribution in [3.8, 4) is 5.69 Å². The molecule has 0 aliphatic rings. The number of benzene rings is 2. The molecule has 0 unspecified atom stereocenters. The minimum absolute atomic E-state index is 0.285. The Labute approximate surface area is 191 Å². The van der Waals surface area contributed by atoms with E-state index in [1.807, 2.05) is 42.5 Å². The number of hydrogen-bond acceptors (Lipinski definition) is 6. The lowest BCUT2D eigenvalue weighted by molar-refractivity contribution is 0.102. The quantitative estimate of drug-likeness (QED) is 0.291. The summed E-state index contributed by atoms with van der Waals surface area (Å²) in [7, 11) is 0. The number of carbonyl (C=O) groups excluding carboxylic acids is 1. The molecule has 32 heavy (non-hydrogen) atoms. The molecule has 0 aliphatic carbocycles. The summed E-state index contributed by atoms with van der Waals surface area (Å²) in [4.78, 5) is 21.6. The van der Waals surface area contributed by atoms with Gasteiger partial charge in [0.2, 0.25) is 0 Å². The molecular weight excluding hydrogens is 420 g/mol. The van der Waals surface area contributed by atoms with Gasteiger partial charge in [0, 0.05) is 23.8 Å². The van der Waals surface area contributed by atoms with Crippen LogP contribution in [0.2, 0.25) is 0 Å². The summed E-state index contributed by atoms with van der Waals surface area (Å²) in [5, 5.41) is 12.0. The van der Waals surface area contributed by atoms with E-state index in [1.54, 1.807) is 23.1 Å². The molecule has 7 nitrogen and oxygen atoms in total. The van der Waals surface area contributed by atoms with Crippen LogP contribution in [0.5, 0.6) is 0 Å². The largest absolute Gasteiger partial charge is 0.321 e. The summed E-state index contributed by atoms with van der Waals surface area (Å²) in [5.41, 5.74) is 3.80. The van der Waals surface area contributed by atoms with Gasteiger partial charge in [-0.2, -0.15) is 0 Å². The van der Waals surface area contributed by atoms with Gasteiger partial charge in [0.1, 0.15) is 0 Å². The van der Waals surface area contributed by atoms with E-state index in [2.05, 4.69) is 44.7 Å². The van der Waals surface area contributed by atoms with Gasteiger partial charge in [-0.15, -0.1) is 5.10 Å². The van der Waals surface area contributed by atoms with Crippen molar-refractivity contribution in [2.24, 2.45) is 0 Å². The highest BCUT2D eigenvalue weighted by molar-refractivity contribution is 7.98. The van der Waals surface area contributed by atoms with Gasteiger partial charge in [-0.25, -0.2) is 14.6 Å². The van der Waals surface area contributed by atoms with E-state index in [4.69, 9.17) is 0 Å². The normalized spacial score (nSPS) is 10.8. The number of aryl methyl sites for hydroxylation is 1. The van der Waals surface area contributed by atoms with Gasteiger partial charge >= 0.3 is 0 Å². The lowest BCUT2D eigenvalue weighted by Gasteiger charge is -2.09. The Morgan fingerprint density at radius 3 is 2.47 bits per heavy atom. The molecule has 2 aromatic heterocycles. The highest BCUT2D eigenvalue weighted by Gasteiger charge is 2.21. The zero-order chi connectivity index (χ0) is 22.2. The second kappa shape index (κ2) is 10.7. The maximum absolute atomic E-state index is 13.1. The summed E-state index contributed by atoms with van der Waals surface area (Å²) >= 11 is 1.43. The molecule has 0 saturated heterocycles. The van der Waals surface area contributed by atoms with E-state index in [0.29, 0.717) is 16.6 Å². The van der Waals surface area contributed by atoms with Crippen molar-refractivity contribution in [3.63, 3.8) is 0 Å². The summed E-state index contributed by atoms with van der Waals surface area (Å²) in [5.74, 6) is 0.156. The van der Waals surface area contributed by atoms with Crippen molar-refractivity contribution in [3.05, 3.63) is 90.0 Å². The van der Waals surface area contributed by atoms with Crippen molar-refractivity contribution in [2.45, 2.75) is 37.1 Å². The van der Waals surface area contributed by atoms with Gasteiger partial charge in [0.25, 0.3) is 5.91 Å². The predicted octanol–water partition coefficient (Wildman–Crippen LogP) is 4.94. The standard InChI is InChI=1S/C24H24N6OS/c1-2-3-8-18-11-13-19(14-12-18)27-23(31)22-21(17-32-24-25-15-7-16-26-24)30(29-28-22)20-9-5-4-6-10-20/h4-7,9-16H,2-3,8,17H2,1H3,(H,27,31). The molecule has 1 N–H and O–H groups in total. The van der Waals surface area contributed by atoms with Crippen LogP contribution in [0.15, 0.2) is 78.2 Å². The molecule has 1 amide bonds. The molecular formula is C24H24N6OS. The van der Waals surface area contributed by atoms with Crippen LogP contribution >= 0.6 is 11.8 Å². The molecule has 4 rings (SSSR count). The van der Waals surface area contributed by atoms with Crippen LogP contribution in [-0.4, -0.2) is 30.9 Å². The third kappa shape index (κ3) is 5.39. The Bertz CT molecular complexity index is 1150. The van der Waals surface area contributed by atoms with E-state index in [1.165, 1.54) is 17.3 Å². The fourth-order valence-corrected chi connectivity index (χ4v) is 4.00. The first-order valence-corrected chi connectivity index (χ1v) is 11.5. The first-order chi connectivity index (χ1) is 15.7. The van der Waals surface area contributed by atoms with E-state index in [0.717, 1.165) is 30.6 Å². The smallest absolute Gasteiger partial charge is 0.278 e. The van der Waals surface area contributed by atoms with Crippen LogP contribution < -0.4 is 5.32 Å². The van der Waals surface area contributed by atoms with E-state index >= 15 is 0 Å². The first kappa shape index (κ1) is 21.7. The molecule has 0 spiro atoms. The molecule has 2 aromatic carbocycles. The maximum Gasteiger partial charge on any atom is 0.278 e. The summed E-state index contributed by atoms with van der Waals surface area (Å²) in [6.07, 6.45) is 6.74. The van der Waals surface area contributed by atoms with Gasteiger partial charge in [0.05, 0.1) is 11.4 Å². The number of rotatable bonds is 9. The number of nitrogens with zero attached hydrogens (tertiary/aromatic N) is 5. The van der Waals surface area contributed by atoms with E-state index < -0.39 is 0 Å². The average Bonchev–Trinajstić information content (AvgIpc) is 3.27. The highest BCUT2D eigenvalue weighted by atomic mass is 32.2. The number of para-hydroxylation sites is 1. The third-order valence-corrected chi connectivity index (χ3v) is 5.78. The molecule has 0 bridgehead atoms. The lowest BCUT2D eigenvalue weighted by atomic mass is 10.1. The third-order valence-electron chi connectivity index (χ3n) is 4.89. The first-order valence-electron chi connectivity index (χ1n) is 10.5. The molecule has 8 heteroatoms. The second-order valence-electron chi connectivity index (χ2n) is 7.21. The Kier molecular flexibility index (Phi) is 7.24. The minimum atomic E-state index is -0.293. The van der Waals surface area contributed by atoms with Crippen LogP contribution in [0.3, 0.4) is 0 Å². The summed E-state index contributed by atoms with van der Waals surface area (Å²) in [6, 6.07) is 19.4. The summed E-state index contributed by atoms with van der Waals surface area (Å²) in [6.45, 7) is 2.18. The maximum atomic E-state index is 13.1. The fourth-order valence-electron chi connectivity index (χ4n) is 3.20. The molecule has 162 valence electrons. The van der Waals surface area contributed by atoms with Gasteiger partial charge in [-0.05, 0) is 48.7 Å². The van der Waals surface area contributed by atoms with Crippen LogP contribution in [0.1, 0.15) is 41.5 Å². The number of amides is 1. The zero-order valence-corrected chi connectivity index (χ0v) is 18.6. The van der Waals surface area contributed by atoms with Crippen molar-refractivity contribution >= 4 is 23.4 Å². The number of nitrogens with one attached hydrogen (secondary N) is 1. The Morgan fingerprint density at radius 2 is 1.75 bits per heavy atom. The van der Waals surface area contributed by atoms with Crippen LogP contribution in [0.25, 0.3) is 5.69 Å². The predicted molar refractivity (Wildman–Crippen MR) is 126 cm³/mol. The molecule has 0 radical (unpaired) electrons. The monoisotopic (exact) mass is 444 g/mol. The molecule has 2 heterocycles. The number of thioether (sulfide) groups is 1. The minimum Gasteiger partial charge on any atom is -0.321 e. The van der Waals surface area contributed by atoms with Gasteiger partial charge < -0.3 is 5.32 Å². The molecule has 0 atom stereocenters. The van der Waals surface area contributed by atoms with Gasteiger partial charge in [0.15, 0.2) is 10.9 Å². The Hall–Kier alpha value is -3.52. The average molecular weight is 445 g/mol. The zero-order valence-electron chi connectivity index (χ0n) is 17.8. The summed E-state index contributed by atoms with van der Waals surface area (Å²) < 4.78 is 1.69. The number of unbranched alkanes of at least 4 members (excludes halogenated alkanes) is 1. The van der Waals surface area contributed by atoms with Crippen LogP contribution in [0.4, 0.5) is 5.69 Å². The molecule has 0 aliphatic heterocycles. The van der Waals surface area contributed by atoms with E-state index in [-0.39, 0.29) is 11.6 Å². The lowest BCUT2D eigenvalue weighted by Crippen LogP contribution is -2.15. The number of anilines is 1. The Morgan fingerprint density at radius 1 is 1.00 bits per heavy atom. The van der Waals surface area contributed by atoms with Crippen molar-refractivity contribution in [2.75, 3.05) is 5.32 Å². The topological polar surface area (TPSA) is 85.6 Å². The molecule has 0 fully saturated rings. The van der Waals surface area contributed by atoms with Gasteiger partial charge in [-0.1, -0.05) is 60.7 Å². The SMILES string of the molecule is CCCCc1ccc(NC(=O)c2nnn(-c3ccccc3)c2CSc2ncccn2)cc1. The number of hydrogen-bond donors (Lipinski definition) is 1. The molecule has 4 aromatic rings. The van der Waals surface area contributed by atoms with Crippen molar-refractivity contribution < 1.29 is 4.79 Å². The van der Waals surface area contributed by atoms with Crippen LogP contribution in [-0.2, 0) is 12.2 Å². The van der Waals surface area contributed by atoms with Crippen molar-refractivity contribution in [1.29, 1.82) is 0 Å². The van der Waals surface area contributed by atoms with Gasteiger partial charge in [-0.3, -0.25) is 4.79 Å². The van der Waals surface area contributed by atoms with E-state index in [9.17, 15) is 4.79 Å². The highest BCUT2D eigenvalue weighted by Crippen LogP contribution is 2.23. The Balaban J connectivity index is 1.56. The molecule has 0 saturated carbocycles. The second-order valence-corrected chi connectivity index (χ2v) is 8.15. The number of aromatic nitrogens is 5. The van der Waals surface area contributed by atoms with Crippen molar-refractivity contribution in [1.82, 2.24) is 25.0 Å². The van der Waals surface area contributed by atoms with Crippen LogP contribution in [0, 0.1) is 0 Å². The fraction of sp³-hybridized carbons (Fsp3) is 0.208.